The second kappa shape index (κ2) is 10.4. The molecule has 8 heteroatoms. The van der Waals surface area contributed by atoms with Gasteiger partial charge in [0.25, 0.3) is 5.91 Å². The van der Waals surface area contributed by atoms with E-state index < -0.39 is 17.6 Å². The van der Waals surface area contributed by atoms with Crippen molar-refractivity contribution >= 4 is 35.8 Å². The van der Waals surface area contributed by atoms with E-state index >= 15 is 0 Å². The molecule has 1 fully saturated rings. The minimum absolute atomic E-state index is 0.252. The Kier molecular flexibility index (Phi) is 7.79. The van der Waals surface area contributed by atoms with Crippen LogP contribution in [0.3, 0.4) is 0 Å². The fourth-order valence-electron chi connectivity index (χ4n) is 3.88. The molecule has 1 atom stereocenters. The number of thiol groups is 1. The highest BCUT2D eigenvalue weighted by Gasteiger charge is 2.40. The Morgan fingerprint density at radius 2 is 2.00 bits per heavy atom. The van der Waals surface area contributed by atoms with Crippen LogP contribution in [-0.2, 0) is 16.0 Å². The number of aromatic nitrogens is 1. The number of amides is 1. The monoisotopic (exact) mass is 471 g/mol. The van der Waals surface area contributed by atoms with Gasteiger partial charge in [-0.25, -0.2) is 4.79 Å². The highest BCUT2D eigenvalue weighted by molar-refractivity contribution is 7.85. The number of carboxylic acids is 1. The molecule has 32 heavy (non-hydrogen) atoms. The lowest BCUT2D eigenvalue weighted by Crippen LogP contribution is -2.54. The maximum atomic E-state index is 12.7. The summed E-state index contributed by atoms with van der Waals surface area (Å²) in [6.45, 7) is 7.79. The Morgan fingerprint density at radius 1 is 1.28 bits per heavy atom. The first-order valence-electron chi connectivity index (χ1n) is 10.6. The molecule has 2 aromatic heterocycles. The normalized spacial score (nSPS) is 15.6. The van der Waals surface area contributed by atoms with Crippen LogP contribution in [-0.4, -0.2) is 33.5 Å². The van der Waals surface area contributed by atoms with Crippen LogP contribution < -0.4 is 10.6 Å². The summed E-state index contributed by atoms with van der Waals surface area (Å²) in [4.78, 5) is 30.6. The highest BCUT2D eigenvalue weighted by Crippen LogP contribution is 2.35. The van der Waals surface area contributed by atoms with Gasteiger partial charge >= 0.3 is 5.97 Å². The molecule has 0 bridgehead atoms. The topological polar surface area (TPSA) is 91.3 Å². The summed E-state index contributed by atoms with van der Waals surface area (Å²) < 4.78 is 0. The SMILES string of the molecule is C=C(NC(Cc1ccc(-c2cccs2)nc1)C(=O)O)C1(NC(=O)C(S)=C(C)C)CCCC1. The molecular formula is C24H29N3O3S2. The van der Waals surface area contributed by atoms with Crippen LogP contribution in [0.1, 0.15) is 45.1 Å². The van der Waals surface area contributed by atoms with E-state index in [0.717, 1.165) is 34.5 Å². The summed E-state index contributed by atoms with van der Waals surface area (Å²) >= 11 is 5.92. The number of thiophene rings is 1. The Labute approximate surface area is 198 Å². The molecule has 1 unspecified atom stereocenters. The zero-order chi connectivity index (χ0) is 23.3. The van der Waals surface area contributed by atoms with Crippen molar-refractivity contribution in [2.24, 2.45) is 0 Å². The van der Waals surface area contributed by atoms with E-state index in [1.807, 2.05) is 43.5 Å². The van der Waals surface area contributed by atoms with Gasteiger partial charge in [0.05, 0.1) is 21.0 Å². The standard InChI is InChI=1S/C24H29N3O3S2/c1-15(2)21(31)22(28)27-24(10-4-5-11-24)16(3)26-19(23(29)30)13-17-8-9-18(25-14-17)20-7-6-12-32-20/h6-9,12,14,19,26,31H,3-5,10-11,13H2,1-2H3,(H,27,28)(H,29,30). The third kappa shape index (κ3) is 5.61. The number of hydrogen-bond acceptors (Lipinski definition) is 6. The molecule has 1 saturated carbocycles. The van der Waals surface area contributed by atoms with E-state index in [-0.39, 0.29) is 12.3 Å². The summed E-state index contributed by atoms with van der Waals surface area (Å²) in [6.07, 6.45) is 5.25. The van der Waals surface area contributed by atoms with Gasteiger partial charge < -0.3 is 15.7 Å². The third-order valence-electron chi connectivity index (χ3n) is 5.76. The quantitative estimate of drug-likeness (QED) is 0.318. The molecule has 6 nitrogen and oxygen atoms in total. The van der Waals surface area contributed by atoms with Crippen LogP contribution >= 0.6 is 24.0 Å². The maximum absolute atomic E-state index is 12.7. The molecule has 0 spiro atoms. The summed E-state index contributed by atoms with van der Waals surface area (Å²) in [7, 11) is 0. The van der Waals surface area contributed by atoms with Crippen molar-refractivity contribution in [3.63, 3.8) is 0 Å². The van der Waals surface area contributed by atoms with Crippen LogP contribution in [0.2, 0.25) is 0 Å². The first-order chi connectivity index (χ1) is 15.2. The molecule has 1 aliphatic rings. The number of carbonyl (C=O) groups excluding carboxylic acids is 1. The molecule has 170 valence electrons. The van der Waals surface area contributed by atoms with Crippen LogP contribution in [0.4, 0.5) is 0 Å². The molecule has 1 aliphatic carbocycles. The summed E-state index contributed by atoms with van der Waals surface area (Å²) in [5, 5.41) is 18.0. The lowest BCUT2D eigenvalue weighted by atomic mass is 9.92. The van der Waals surface area contributed by atoms with Crippen LogP contribution in [0.25, 0.3) is 10.6 Å². The molecule has 0 aromatic carbocycles. The molecule has 0 radical (unpaired) electrons. The lowest BCUT2D eigenvalue weighted by molar-refractivity contribution is -0.139. The number of allylic oxidation sites excluding steroid dienone is 1. The predicted molar refractivity (Wildman–Crippen MR) is 132 cm³/mol. The molecule has 3 rings (SSSR count). The Hall–Kier alpha value is -2.58. The van der Waals surface area contributed by atoms with Gasteiger partial charge in [-0.05, 0) is 49.8 Å². The van der Waals surface area contributed by atoms with Crippen molar-refractivity contribution < 1.29 is 14.7 Å². The van der Waals surface area contributed by atoms with Crippen LogP contribution in [0.15, 0.2) is 58.6 Å². The number of nitrogens with zero attached hydrogens (tertiary/aromatic N) is 1. The zero-order valence-electron chi connectivity index (χ0n) is 18.4. The smallest absolute Gasteiger partial charge is 0.326 e. The number of hydrogen-bond donors (Lipinski definition) is 4. The lowest BCUT2D eigenvalue weighted by Gasteiger charge is -2.35. The maximum Gasteiger partial charge on any atom is 0.326 e. The highest BCUT2D eigenvalue weighted by atomic mass is 32.1. The summed E-state index contributed by atoms with van der Waals surface area (Å²) in [5.41, 5.74) is 2.33. The van der Waals surface area contributed by atoms with Crippen molar-refractivity contribution in [2.45, 2.75) is 57.5 Å². The molecule has 0 saturated heterocycles. The Balaban J connectivity index is 1.72. The number of pyridine rings is 1. The average molecular weight is 472 g/mol. The zero-order valence-corrected chi connectivity index (χ0v) is 20.1. The fourth-order valence-corrected chi connectivity index (χ4v) is 4.64. The molecule has 2 aromatic rings. The molecule has 1 amide bonds. The largest absolute Gasteiger partial charge is 0.480 e. The van der Waals surface area contributed by atoms with Gasteiger partial charge in [-0.1, -0.05) is 37.1 Å². The van der Waals surface area contributed by atoms with Crippen LogP contribution in [0.5, 0.6) is 0 Å². The minimum Gasteiger partial charge on any atom is -0.480 e. The second-order valence-electron chi connectivity index (χ2n) is 8.34. The van der Waals surface area contributed by atoms with Gasteiger partial charge in [0, 0.05) is 18.3 Å². The van der Waals surface area contributed by atoms with E-state index in [2.05, 4.69) is 34.8 Å². The molecule has 0 aliphatic heterocycles. The van der Waals surface area contributed by atoms with E-state index in [1.54, 1.807) is 17.5 Å². The van der Waals surface area contributed by atoms with E-state index in [4.69, 9.17) is 0 Å². The minimum atomic E-state index is -0.980. The number of rotatable bonds is 9. The molecule has 2 heterocycles. The van der Waals surface area contributed by atoms with E-state index in [9.17, 15) is 14.7 Å². The van der Waals surface area contributed by atoms with Gasteiger partial charge in [0.1, 0.15) is 6.04 Å². The van der Waals surface area contributed by atoms with Gasteiger partial charge in [0.15, 0.2) is 0 Å². The van der Waals surface area contributed by atoms with E-state index in [1.165, 1.54) is 0 Å². The van der Waals surface area contributed by atoms with Gasteiger partial charge in [-0.2, -0.15) is 0 Å². The van der Waals surface area contributed by atoms with Crippen molar-refractivity contribution in [2.75, 3.05) is 0 Å². The molecular weight excluding hydrogens is 442 g/mol. The Bertz CT molecular complexity index is 1000. The number of carbonyl (C=O) groups is 2. The van der Waals surface area contributed by atoms with Crippen LogP contribution in [0, 0.1) is 0 Å². The number of nitrogens with one attached hydrogen (secondary N) is 2. The van der Waals surface area contributed by atoms with Crippen molar-refractivity contribution in [3.05, 3.63) is 64.2 Å². The number of carboxylic acid groups (broad SMARTS) is 1. The van der Waals surface area contributed by atoms with Gasteiger partial charge in [-0.3, -0.25) is 9.78 Å². The summed E-state index contributed by atoms with van der Waals surface area (Å²) in [5.74, 6) is -1.24. The first-order valence-corrected chi connectivity index (χ1v) is 11.9. The van der Waals surface area contributed by atoms with E-state index in [0.29, 0.717) is 23.4 Å². The summed E-state index contributed by atoms with van der Waals surface area (Å²) in [6, 6.07) is 6.89. The van der Waals surface area contributed by atoms with Crippen molar-refractivity contribution in [1.29, 1.82) is 0 Å². The fraction of sp³-hybridized carbons (Fsp3) is 0.375. The predicted octanol–water partition coefficient (Wildman–Crippen LogP) is 4.56. The van der Waals surface area contributed by atoms with Crippen molar-refractivity contribution in [1.82, 2.24) is 15.6 Å². The van der Waals surface area contributed by atoms with Gasteiger partial charge in [-0.15, -0.1) is 24.0 Å². The molecule has 3 N–H and O–H groups in total. The second-order valence-corrected chi connectivity index (χ2v) is 9.73. The average Bonchev–Trinajstić information content (AvgIpc) is 3.46. The van der Waals surface area contributed by atoms with Crippen molar-refractivity contribution in [3.8, 4) is 10.6 Å². The van der Waals surface area contributed by atoms with Gasteiger partial charge in [0.2, 0.25) is 0 Å². The number of aliphatic carboxylic acids is 1. The Morgan fingerprint density at radius 3 is 2.53 bits per heavy atom. The first kappa shape index (κ1) is 24.1. The third-order valence-corrected chi connectivity index (χ3v) is 7.30.